The van der Waals surface area contributed by atoms with Crippen molar-refractivity contribution in [1.29, 1.82) is 0 Å². The number of carbonyl (C=O) groups excluding carboxylic acids is 1. The summed E-state index contributed by atoms with van der Waals surface area (Å²) in [6.45, 7) is 0. The first-order valence-electron chi connectivity index (χ1n) is 5.34. The number of carboxylic acids is 1. The molecule has 0 aliphatic heterocycles. The Balaban J connectivity index is 2.75. The van der Waals surface area contributed by atoms with Gasteiger partial charge in [-0.1, -0.05) is 0 Å². The van der Waals surface area contributed by atoms with Crippen molar-refractivity contribution in [3.8, 4) is 5.75 Å². The van der Waals surface area contributed by atoms with Crippen LogP contribution in [-0.4, -0.2) is 37.2 Å². The van der Waals surface area contributed by atoms with Crippen LogP contribution < -0.4 is 15.4 Å². The number of hydrogen-bond donors (Lipinski definition) is 2. The number of likely N-dealkylation sites (N-methyl/N-ethyl adjacent to an activating group) is 1. The van der Waals surface area contributed by atoms with Gasteiger partial charge in [0.25, 0.3) is 0 Å². The fraction of sp³-hybridized carbons (Fsp3) is 0.333. The third kappa shape index (κ3) is 3.46. The lowest BCUT2D eigenvalue weighted by molar-refractivity contribution is -0.139. The van der Waals surface area contributed by atoms with Crippen molar-refractivity contribution >= 4 is 17.6 Å². The van der Waals surface area contributed by atoms with Gasteiger partial charge in [0.2, 0.25) is 5.91 Å². The van der Waals surface area contributed by atoms with Gasteiger partial charge in [0.05, 0.1) is 19.6 Å². The molecule has 0 aliphatic carbocycles. The molecule has 18 heavy (non-hydrogen) atoms. The van der Waals surface area contributed by atoms with Crippen LogP contribution >= 0.6 is 0 Å². The molecule has 1 atom stereocenters. The molecule has 1 amide bonds. The largest absolute Gasteiger partial charge is 0.497 e. The standard InChI is InChI=1S/C12H16N2O4/c1-14(12(17)10(13)7-11(15)16)8-3-5-9(18-2)6-4-8/h3-6,10H,7,13H2,1-2H3,(H,15,16). The second-order valence-electron chi connectivity index (χ2n) is 3.80. The molecule has 3 N–H and O–H groups in total. The molecule has 1 rings (SSSR count). The summed E-state index contributed by atoms with van der Waals surface area (Å²) in [5.41, 5.74) is 6.14. The van der Waals surface area contributed by atoms with E-state index in [9.17, 15) is 9.59 Å². The molecular formula is C12H16N2O4. The number of ether oxygens (including phenoxy) is 1. The molecule has 0 aliphatic rings. The molecule has 0 fully saturated rings. The molecule has 0 heterocycles. The number of nitrogens with two attached hydrogens (primary N) is 1. The highest BCUT2D eigenvalue weighted by Gasteiger charge is 2.21. The van der Waals surface area contributed by atoms with Gasteiger partial charge in [-0.05, 0) is 24.3 Å². The zero-order chi connectivity index (χ0) is 13.7. The Labute approximate surface area is 105 Å². The molecule has 0 radical (unpaired) electrons. The maximum atomic E-state index is 11.8. The zero-order valence-electron chi connectivity index (χ0n) is 10.3. The summed E-state index contributed by atoms with van der Waals surface area (Å²) >= 11 is 0. The van der Waals surface area contributed by atoms with Gasteiger partial charge in [-0.15, -0.1) is 0 Å². The molecule has 0 saturated carbocycles. The van der Waals surface area contributed by atoms with Gasteiger partial charge in [-0.2, -0.15) is 0 Å². The van der Waals surface area contributed by atoms with Crippen molar-refractivity contribution in [3.05, 3.63) is 24.3 Å². The van der Waals surface area contributed by atoms with Gasteiger partial charge in [-0.25, -0.2) is 0 Å². The maximum Gasteiger partial charge on any atom is 0.305 e. The molecule has 98 valence electrons. The average molecular weight is 252 g/mol. The molecule has 1 aromatic rings. The van der Waals surface area contributed by atoms with Crippen molar-refractivity contribution in [2.24, 2.45) is 5.73 Å². The van der Waals surface area contributed by atoms with Crippen LogP contribution in [0, 0.1) is 0 Å². The van der Waals surface area contributed by atoms with Crippen LogP contribution in [0.3, 0.4) is 0 Å². The number of anilines is 1. The van der Waals surface area contributed by atoms with E-state index in [1.54, 1.807) is 38.4 Å². The first-order chi connectivity index (χ1) is 8.45. The Kier molecular flexibility index (Phi) is 4.67. The van der Waals surface area contributed by atoms with Crippen LogP contribution in [0.1, 0.15) is 6.42 Å². The number of aliphatic carboxylic acids is 1. The highest BCUT2D eigenvalue weighted by Crippen LogP contribution is 2.18. The molecule has 0 saturated heterocycles. The number of carboxylic acid groups (broad SMARTS) is 1. The SMILES string of the molecule is COc1ccc(N(C)C(=O)C(N)CC(=O)O)cc1. The third-order valence-electron chi connectivity index (χ3n) is 2.50. The van der Waals surface area contributed by atoms with Crippen LogP contribution in [0.4, 0.5) is 5.69 Å². The topological polar surface area (TPSA) is 92.9 Å². The van der Waals surface area contributed by atoms with Gasteiger partial charge in [0, 0.05) is 12.7 Å². The molecule has 0 spiro atoms. The number of hydrogen-bond acceptors (Lipinski definition) is 4. The van der Waals surface area contributed by atoms with Crippen LogP contribution in [0.5, 0.6) is 5.75 Å². The molecule has 0 bridgehead atoms. The second-order valence-corrected chi connectivity index (χ2v) is 3.80. The van der Waals surface area contributed by atoms with E-state index in [1.807, 2.05) is 0 Å². The molecule has 6 nitrogen and oxygen atoms in total. The average Bonchev–Trinajstić information content (AvgIpc) is 2.36. The smallest absolute Gasteiger partial charge is 0.305 e. The van der Waals surface area contributed by atoms with Crippen molar-refractivity contribution in [2.75, 3.05) is 19.1 Å². The van der Waals surface area contributed by atoms with Crippen LogP contribution in [0.25, 0.3) is 0 Å². The highest BCUT2D eigenvalue weighted by atomic mass is 16.5. The third-order valence-corrected chi connectivity index (χ3v) is 2.50. The lowest BCUT2D eigenvalue weighted by Gasteiger charge is -2.20. The minimum absolute atomic E-state index is 0.390. The van der Waals surface area contributed by atoms with Gasteiger partial charge in [0.1, 0.15) is 5.75 Å². The normalized spacial score (nSPS) is 11.7. The zero-order valence-corrected chi connectivity index (χ0v) is 10.3. The minimum atomic E-state index is -1.10. The molecule has 6 heteroatoms. The molecular weight excluding hydrogens is 236 g/mol. The van der Waals surface area contributed by atoms with E-state index in [1.165, 1.54) is 4.90 Å². The number of methoxy groups -OCH3 is 1. The first-order valence-corrected chi connectivity index (χ1v) is 5.34. The van der Waals surface area contributed by atoms with E-state index >= 15 is 0 Å². The highest BCUT2D eigenvalue weighted by molar-refractivity contribution is 5.98. The van der Waals surface area contributed by atoms with E-state index in [-0.39, 0.29) is 6.42 Å². The molecule has 1 unspecified atom stereocenters. The van der Waals surface area contributed by atoms with E-state index in [0.717, 1.165) is 0 Å². The molecule has 1 aromatic carbocycles. The number of carbonyl (C=O) groups is 2. The lowest BCUT2D eigenvalue weighted by atomic mass is 10.2. The predicted octanol–water partition coefficient (Wildman–Crippen LogP) is 0.460. The second kappa shape index (κ2) is 6.02. The summed E-state index contributed by atoms with van der Waals surface area (Å²) < 4.78 is 5.00. The van der Waals surface area contributed by atoms with Crippen LogP contribution in [-0.2, 0) is 9.59 Å². The van der Waals surface area contributed by atoms with Gasteiger partial charge in [-0.3, -0.25) is 9.59 Å². The fourth-order valence-electron chi connectivity index (χ4n) is 1.46. The number of benzene rings is 1. The Morgan fingerprint density at radius 3 is 2.39 bits per heavy atom. The monoisotopic (exact) mass is 252 g/mol. The van der Waals surface area contributed by atoms with Crippen molar-refractivity contribution in [1.82, 2.24) is 0 Å². The van der Waals surface area contributed by atoms with E-state index < -0.39 is 17.9 Å². The van der Waals surface area contributed by atoms with Crippen LogP contribution in [0.2, 0.25) is 0 Å². The summed E-state index contributed by atoms with van der Waals surface area (Å²) in [6, 6.07) is 5.77. The van der Waals surface area contributed by atoms with Crippen LogP contribution in [0.15, 0.2) is 24.3 Å². The number of amides is 1. The van der Waals surface area contributed by atoms with Gasteiger partial charge < -0.3 is 20.5 Å². The summed E-state index contributed by atoms with van der Waals surface area (Å²) in [4.78, 5) is 23.7. The van der Waals surface area contributed by atoms with Crippen molar-refractivity contribution < 1.29 is 19.4 Å². The van der Waals surface area contributed by atoms with Gasteiger partial charge >= 0.3 is 5.97 Å². The number of nitrogens with zero attached hydrogens (tertiary/aromatic N) is 1. The summed E-state index contributed by atoms with van der Waals surface area (Å²) in [5.74, 6) is -0.865. The van der Waals surface area contributed by atoms with Crippen molar-refractivity contribution in [3.63, 3.8) is 0 Å². The Bertz CT molecular complexity index is 430. The Morgan fingerprint density at radius 2 is 1.94 bits per heavy atom. The first kappa shape index (κ1) is 14.0. The summed E-state index contributed by atoms with van der Waals surface area (Å²) in [7, 11) is 3.10. The van der Waals surface area contributed by atoms with E-state index in [2.05, 4.69) is 0 Å². The summed E-state index contributed by atoms with van der Waals surface area (Å²) in [5, 5.41) is 8.59. The van der Waals surface area contributed by atoms with Crippen molar-refractivity contribution in [2.45, 2.75) is 12.5 Å². The minimum Gasteiger partial charge on any atom is -0.497 e. The van der Waals surface area contributed by atoms with Gasteiger partial charge in [0.15, 0.2) is 0 Å². The number of rotatable bonds is 5. The Hall–Kier alpha value is -2.08. The Morgan fingerprint density at radius 1 is 1.39 bits per heavy atom. The predicted molar refractivity (Wildman–Crippen MR) is 66.6 cm³/mol. The molecule has 0 aromatic heterocycles. The quantitative estimate of drug-likeness (QED) is 0.794. The lowest BCUT2D eigenvalue weighted by Crippen LogP contribution is -2.43. The fourth-order valence-corrected chi connectivity index (χ4v) is 1.46. The summed E-state index contributed by atoms with van der Waals surface area (Å²) in [6.07, 6.45) is -0.390. The maximum absolute atomic E-state index is 11.8. The van der Waals surface area contributed by atoms with E-state index in [0.29, 0.717) is 11.4 Å². The van der Waals surface area contributed by atoms with E-state index in [4.69, 9.17) is 15.6 Å².